The van der Waals surface area contributed by atoms with Gasteiger partial charge in [-0.15, -0.1) is 0 Å². The standard InChI is InChI=1S/C15H16IN3O2/c1-19(2)12-8-9-17-15(21-3)13(12)18-14(20)10-4-6-11(16)7-5-10/h4-9H,1-3H3,(H,18,20). The zero-order valence-corrected chi connectivity index (χ0v) is 14.2. The largest absolute Gasteiger partial charge is 0.479 e. The van der Waals surface area contributed by atoms with Crippen molar-refractivity contribution in [3.63, 3.8) is 0 Å². The number of aromatic nitrogens is 1. The minimum atomic E-state index is -0.194. The minimum absolute atomic E-state index is 0.194. The molecule has 0 bridgehead atoms. The van der Waals surface area contributed by atoms with Crippen LogP contribution in [0.4, 0.5) is 11.4 Å². The van der Waals surface area contributed by atoms with E-state index in [0.717, 1.165) is 9.26 Å². The van der Waals surface area contributed by atoms with Gasteiger partial charge < -0.3 is 15.0 Å². The first-order valence-corrected chi connectivity index (χ1v) is 7.38. The van der Waals surface area contributed by atoms with Crippen LogP contribution in [0.3, 0.4) is 0 Å². The number of pyridine rings is 1. The molecule has 0 spiro atoms. The summed E-state index contributed by atoms with van der Waals surface area (Å²) in [5, 5.41) is 2.88. The first kappa shape index (κ1) is 15.6. The molecule has 6 heteroatoms. The second-order valence-corrected chi connectivity index (χ2v) is 5.82. The fraction of sp³-hybridized carbons (Fsp3) is 0.200. The zero-order valence-electron chi connectivity index (χ0n) is 12.1. The van der Waals surface area contributed by atoms with Crippen LogP contribution in [0.15, 0.2) is 36.5 Å². The van der Waals surface area contributed by atoms with Crippen LogP contribution in [0.2, 0.25) is 0 Å². The average Bonchev–Trinajstić information content (AvgIpc) is 2.47. The molecule has 5 nitrogen and oxygen atoms in total. The van der Waals surface area contributed by atoms with Gasteiger partial charge in [-0.25, -0.2) is 4.98 Å². The number of benzene rings is 1. The zero-order chi connectivity index (χ0) is 15.4. The number of hydrogen-bond acceptors (Lipinski definition) is 4. The van der Waals surface area contributed by atoms with Crippen molar-refractivity contribution in [3.8, 4) is 5.88 Å². The molecule has 0 aliphatic carbocycles. The van der Waals surface area contributed by atoms with Gasteiger partial charge in [0.2, 0.25) is 5.88 Å². The highest BCUT2D eigenvalue weighted by atomic mass is 127. The maximum atomic E-state index is 12.4. The van der Waals surface area contributed by atoms with E-state index < -0.39 is 0 Å². The monoisotopic (exact) mass is 397 g/mol. The summed E-state index contributed by atoms with van der Waals surface area (Å²) in [7, 11) is 5.33. The van der Waals surface area contributed by atoms with Crippen LogP contribution in [-0.4, -0.2) is 32.1 Å². The fourth-order valence-electron chi connectivity index (χ4n) is 1.86. The lowest BCUT2D eigenvalue weighted by atomic mass is 10.2. The maximum absolute atomic E-state index is 12.4. The normalized spacial score (nSPS) is 10.1. The second kappa shape index (κ2) is 6.75. The summed E-state index contributed by atoms with van der Waals surface area (Å²) in [6.45, 7) is 0. The Bertz CT molecular complexity index is 642. The summed E-state index contributed by atoms with van der Waals surface area (Å²) in [5.74, 6) is 0.195. The van der Waals surface area contributed by atoms with Crippen LogP contribution in [0.5, 0.6) is 5.88 Å². The summed E-state index contributed by atoms with van der Waals surface area (Å²) in [6, 6.07) is 9.18. The van der Waals surface area contributed by atoms with Crippen molar-refractivity contribution in [1.82, 2.24) is 4.98 Å². The number of hydrogen-bond donors (Lipinski definition) is 1. The highest BCUT2D eigenvalue weighted by Crippen LogP contribution is 2.32. The average molecular weight is 397 g/mol. The van der Waals surface area contributed by atoms with E-state index in [1.165, 1.54) is 7.11 Å². The Morgan fingerprint density at radius 1 is 1.24 bits per heavy atom. The first-order valence-electron chi connectivity index (χ1n) is 6.30. The van der Waals surface area contributed by atoms with Crippen molar-refractivity contribution in [2.75, 3.05) is 31.4 Å². The number of anilines is 2. The van der Waals surface area contributed by atoms with Crippen molar-refractivity contribution in [2.24, 2.45) is 0 Å². The number of carbonyl (C=O) groups is 1. The van der Waals surface area contributed by atoms with Crippen molar-refractivity contribution in [2.45, 2.75) is 0 Å². The molecule has 0 atom stereocenters. The third kappa shape index (κ3) is 3.63. The smallest absolute Gasteiger partial charge is 0.255 e. The van der Waals surface area contributed by atoms with Crippen molar-refractivity contribution >= 4 is 39.9 Å². The Balaban J connectivity index is 2.34. The van der Waals surface area contributed by atoms with E-state index >= 15 is 0 Å². The molecule has 0 radical (unpaired) electrons. The second-order valence-electron chi connectivity index (χ2n) is 4.57. The number of halogens is 1. The molecule has 2 aromatic rings. The molecule has 1 amide bonds. The Morgan fingerprint density at radius 3 is 2.48 bits per heavy atom. The number of nitrogens with zero attached hydrogens (tertiary/aromatic N) is 2. The van der Waals surface area contributed by atoms with E-state index in [9.17, 15) is 4.79 Å². The number of methoxy groups -OCH3 is 1. The molecule has 1 aromatic carbocycles. The van der Waals surface area contributed by atoms with Gasteiger partial charge in [0.1, 0.15) is 5.69 Å². The number of rotatable bonds is 4. The Hall–Kier alpha value is -1.83. The third-order valence-electron chi connectivity index (χ3n) is 2.91. The molecule has 110 valence electrons. The maximum Gasteiger partial charge on any atom is 0.255 e. The van der Waals surface area contributed by atoms with E-state index in [-0.39, 0.29) is 5.91 Å². The van der Waals surface area contributed by atoms with Gasteiger partial charge in [0.15, 0.2) is 0 Å². The summed E-state index contributed by atoms with van der Waals surface area (Å²) in [6.07, 6.45) is 1.65. The number of carbonyl (C=O) groups excluding carboxylic acids is 1. The molecule has 1 aromatic heterocycles. The van der Waals surface area contributed by atoms with Gasteiger partial charge in [-0.1, -0.05) is 0 Å². The molecule has 1 N–H and O–H groups in total. The topological polar surface area (TPSA) is 54.5 Å². The fourth-order valence-corrected chi connectivity index (χ4v) is 2.22. The van der Waals surface area contributed by atoms with Gasteiger partial charge in [-0.05, 0) is 52.9 Å². The van der Waals surface area contributed by atoms with Crippen LogP contribution in [-0.2, 0) is 0 Å². The molecule has 0 aliphatic rings. The Kier molecular flexibility index (Phi) is 5.00. The first-order chi connectivity index (χ1) is 10.0. The lowest BCUT2D eigenvalue weighted by Gasteiger charge is -2.19. The SMILES string of the molecule is COc1nccc(N(C)C)c1NC(=O)c1ccc(I)cc1. The number of ether oxygens (including phenoxy) is 1. The molecule has 0 unspecified atom stereocenters. The quantitative estimate of drug-likeness (QED) is 0.807. The van der Waals surface area contributed by atoms with Crippen molar-refractivity contribution in [1.29, 1.82) is 0 Å². The number of nitrogens with one attached hydrogen (secondary N) is 1. The highest BCUT2D eigenvalue weighted by molar-refractivity contribution is 14.1. The summed E-state index contributed by atoms with van der Waals surface area (Å²) in [4.78, 5) is 18.4. The summed E-state index contributed by atoms with van der Waals surface area (Å²) < 4.78 is 6.32. The van der Waals surface area contributed by atoms with E-state index in [1.807, 2.05) is 37.2 Å². The predicted molar refractivity (Wildman–Crippen MR) is 92.2 cm³/mol. The van der Waals surface area contributed by atoms with Crippen LogP contribution in [0.1, 0.15) is 10.4 Å². The van der Waals surface area contributed by atoms with Crippen molar-refractivity contribution < 1.29 is 9.53 Å². The molecule has 0 saturated heterocycles. The molecule has 0 aliphatic heterocycles. The molecule has 0 fully saturated rings. The van der Waals surface area contributed by atoms with Crippen LogP contribution in [0, 0.1) is 3.57 Å². The van der Waals surface area contributed by atoms with Crippen LogP contribution < -0.4 is 15.0 Å². The highest BCUT2D eigenvalue weighted by Gasteiger charge is 2.16. The van der Waals surface area contributed by atoms with Gasteiger partial charge in [-0.2, -0.15) is 0 Å². The Morgan fingerprint density at radius 2 is 1.90 bits per heavy atom. The van der Waals surface area contributed by atoms with E-state index in [0.29, 0.717) is 17.1 Å². The third-order valence-corrected chi connectivity index (χ3v) is 3.63. The lowest BCUT2D eigenvalue weighted by Crippen LogP contribution is -2.18. The molecular weight excluding hydrogens is 381 g/mol. The van der Waals surface area contributed by atoms with E-state index in [2.05, 4.69) is 32.9 Å². The Labute approximate surface area is 137 Å². The summed E-state index contributed by atoms with van der Waals surface area (Å²) in [5.41, 5.74) is 1.99. The molecule has 0 saturated carbocycles. The molecule has 21 heavy (non-hydrogen) atoms. The summed E-state index contributed by atoms with van der Waals surface area (Å²) >= 11 is 2.20. The molecule has 2 rings (SSSR count). The minimum Gasteiger partial charge on any atom is -0.479 e. The van der Waals surface area contributed by atoms with Gasteiger partial charge in [-0.3, -0.25) is 4.79 Å². The van der Waals surface area contributed by atoms with Gasteiger partial charge in [0.25, 0.3) is 5.91 Å². The van der Waals surface area contributed by atoms with Gasteiger partial charge >= 0.3 is 0 Å². The van der Waals surface area contributed by atoms with Gasteiger partial charge in [0, 0.05) is 29.4 Å². The number of amides is 1. The lowest BCUT2D eigenvalue weighted by molar-refractivity contribution is 0.102. The molecular formula is C15H16IN3O2. The molecule has 1 heterocycles. The van der Waals surface area contributed by atoms with E-state index in [1.54, 1.807) is 18.3 Å². The van der Waals surface area contributed by atoms with Crippen LogP contribution >= 0.6 is 22.6 Å². The predicted octanol–water partition coefficient (Wildman–Crippen LogP) is 3.01. The van der Waals surface area contributed by atoms with Crippen LogP contribution in [0.25, 0.3) is 0 Å². The van der Waals surface area contributed by atoms with E-state index in [4.69, 9.17) is 4.74 Å². The van der Waals surface area contributed by atoms with Crippen molar-refractivity contribution in [3.05, 3.63) is 45.7 Å². The van der Waals surface area contributed by atoms with Gasteiger partial charge in [0.05, 0.1) is 12.8 Å².